The number of thiol groups is 1. The van der Waals surface area contributed by atoms with Crippen molar-refractivity contribution in [3.8, 4) is 0 Å². The van der Waals surface area contributed by atoms with E-state index in [1.54, 1.807) is 0 Å². The van der Waals surface area contributed by atoms with Gasteiger partial charge in [0.05, 0.1) is 0 Å². The molecule has 0 aliphatic rings. The Labute approximate surface area is 166 Å². The second-order valence-electron chi connectivity index (χ2n) is 8.47. The topological polar surface area (TPSA) is 0 Å². The third kappa shape index (κ3) is 15.1. The van der Waals surface area contributed by atoms with E-state index < -0.39 is 0 Å². The molecule has 1 heteroatoms. The van der Waals surface area contributed by atoms with Gasteiger partial charge in [0, 0.05) is 0 Å². The predicted molar refractivity (Wildman–Crippen MR) is 121 cm³/mol. The summed E-state index contributed by atoms with van der Waals surface area (Å²) >= 11 is 4.29. The van der Waals surface area contributed by atoms with Crippen LogP contribution in [0.25, 0.3) is 0 Å². The molecule has 25 heavy (non-hydrogen) atoms. The molecular formula is C24H50S. The quantitative estimate of drug-likeness (QED) is 0.160. The summed E-state index contributed by atoms with van der Waals surface area (Å²) in [5.74, 6) is 1.07. The lowest BCUT2D eigenvalue weighted by molar-refractivity contribution is 0.175. The Morgan fingerprint density at radius 1 is 0.440 bits per heavy atom. The first kappa shape index (κ1) is 25.4. The normalized spacial score (nSPS) is 12.0. The van der Waals surface area contributed by atoms with Gasteiger partial charge in [0.25, 0.3) is 0 Å². The lowest BCUT2D eigenvalue weighted by atomic mass is 9.71. The minimum Gasteiger partial charge on any atom is -0.179 e. The minimum absolute atomic E-state index is 0.689. The van der Waals surface area contributed by atoms with Gasteiger partial charge in [-0.2, -0.15) is 12.6 Å². The Morgan fingerprint density at radius 2 is 0.760 bits per heavy atom. The summed E-state index contributed by atoms with van der Waals surface area (Å²) in [7, 11) is 0. The van der Waals surface area contributed by atoms with E-state index >= 15 is 0 Å². The van der Waals surface area contributed by atoms with E-state index in [4.69, 9.17) is 0 Å². The van der Waals surface area contributed by atoms with Crippen molar-refractivity contribution in [3.63, 3.8) is 0 Å². The molecule has 0 unspecified atom stereocenters. The van der Waals surface area contributed by atoms with Crippen LogP contribution in [0.5, 0.6) is 0 Å². The summed E-state index contributed by atoms with van der Waals surface area (Å²) in [5, 5.41) is 0. The van der Waals surface area contributed by atoms with E-state index in [2.05, 4.69) is 33.4 Å². The van der Waals surface area contributed by atoms with Crippen molar-refractivity contribution < 1.29 is 0 Å². The zero-order valence-electron chi connectivity index (χ0n) is 18.1. The van der Waals surface area contributed by atoms with Crippen LogP contribution < -0.4 is 0 Å². The van der Waals surface area contributed by atoms with Crippen LogP contribution in [0.4, 0.5) is 0 Å². The van der Waals surface area contributed by atoms with Crippen LogP contribution in [0, 0.1) is 5.41 Å². The van der Waals surface area contributed by atoms with Gasteiger partial charge >= 0.3 is 0 Å². The molecule has 152 valence electrons. The number of hydrogen-bond acceptors (Lipinski definition) is 1. The van der Waals surface area contributed by atoms with E-state index in [0.717, 1.165) is 5.75 Å². The van der Waals surface area contributed by atoms with Crippen molar-refractivity contribution in [2.75, 3.05) is 5.75 Å². The fourth-order valence-corrected chi connectivity index (χ4v) is 4.48. The highest BCUT2D eigenvalue weighted by molar-refractivity contribution is 7.80. The highest BCUT2D eigenvalue weighted by atomic mass is 32.1. The SMILES string of the molecule is CCCCC(CCCC)(CCCC)CCCCCCCCCCCS. The van der Waals surface area contributed by atoms with Crippen LogP contribution in [0.15, 0.2) is 0 Å². The van der Waals surface area contributed by atoms with Gasteiger partial charge in [0.1, 0.15) is 0 Å². The Kier molecular flexibility index (Phi) is 19.4. The third-order valence-electron chi connectivity index (χ3n) is 6.05. The van der Waals surface area contributed by atoms with Crippen LogP contribution in [0.1, 0.15) is 143 Å². The molecule has 0 saturated carbocycles. The van der Waals surface area contributed by atoms with Crippen LogP contribution in [0.2, 0.25) is 0 Å². The van der Waals surface area contributed by atoms with Gasteiger partial charge in [0.2, 0.25) is 0 Å². The van der Waals surface area contributed by atoms with Crippen molar-refractivity contribution in [1.82, 2.24) is 0 Å². The van der Waals surface area contributed by atoms with E-state index in [1.165, 1.54) is 122 Å². The van der Waals surface area contributed by atoms with Crippen molar-refractivity contribution in [1.29, 1.82) is 0 Å². The molecule has 0 amide bonds. The number of rotatable bonds is 20. The van der Waals surface area contributed by atoms with Crippen molar-refractivity contribution in [2.45, 2.75) is 143 Å². The molecule has 0 saturated heterocycles. The molecule has 0 fully saturated rings. The van der Waals surface area contributed by atoms with Crippen LogP contribution in [-0.4, -0.2) is 5.75 Å². The molecule has 0 radical (unpaired) electrons. The number of hydrogen-bond donors (Lipinski definition) is 1. The molecule has 0 aromatic rings. The molecule has 0 N–H and O–H groups in total. The maximum Gasteiger partial charge on any atom is -0.00979 e. The molecule has 0 atom stereocenters. The predicted octanol–water partition coefficient (Wildman–Crippen LogP) is 9.37. The fraction of sp³-hybridized carbons (Fsp3) is 1.00. The Balaban J connectivity index is 4.01. The second kappa shape index (κ2) is 19.1. The first-order chi connectivity index (χ1) is 12.2. The van der Waals surface area contributed by atoms with Crippen molar-refractivity contribution in [3.05, 3.63) is 0 Å². The molecular weight excluding hydrogens is 320 g/mol. The summed E-state index contributed by atoms with van der Waals surface area (Å²) in [6.07, 6.45) is 27.3. The van der Waals surface area contributed by atoms with Crippen molar-refractivity contribution in [2.24, 2.45) is 5.41 Å². The van der Waals surface area contributed by atoms with Crippen molar-refractivity contribution >= 4 is 12.6 Å². The molecule has 0 heterocycles. The molecule has 0 aromatic heterocycles. The summed E-state index contributed by atoms with van der Waals surface area (Å²) in [5.41, 5.74) is 0.689. The summed E-state index contributed by atoms with van der Waals surface area (Å²) < 4.78 is 0. The van der Waals surface area contributed by atoms with Gasteiger partial charge in [-0.25, -0.2) is 0 Å². The molecule has 0 rings (SSSR count). The largest absolute Gasteiger partial charge is 0.179 e. The fourth-order valence-electron chi connectivity index (χ4n) is 4.25. The van der Waals surface area contributed by atoms with Gasteiger partial charge in [-0.05, 0) is 43.3 Å². The Morgan fingerprint density at radius 3 is 1.12 bits per heavy atom. The van der Waals surface area contributed by atoms with E-state index in [0.29, 0.717) is 5.41 Å². The number of unbranched alkanes of at least 4 members (excludes halogenated alkanes) is 11. The zero-order chi connectivity index (χ0) is 18.6. The minimum atomic E-state index is 0.689. The monoisotopic (exact) mass is 370 g/mol. The third-order valence-corrected chi connectivity index (χ3v) is 6.36. The lowest BCUT2D eigenvalue weighted by Gasteiger charge is -2.35. The van der Waals surface area contributed by atoms with Crippen LogP contribution >= 0.6 is 12.6 Å². The Bertz CT molecular complexity index is 227. The lowest BCUT2D eigenvalue weighted by Crippen LogP contribution is -2.21. The van der Waals surface area contributed by atoms with Gasteiger partial charge in [-0.3, -0.25) is 0 Å². The zero-order valence-corrected chi connectivity index (χ0v) is 19.0. The Hall–Kier alpha value is 0.350. The van der Waals surface area contributed by atoms with Crippen LogP contribution in [0.3, 0.4) is 0 Å². The summed E-state index contributed by atoms with van der Waals surface area (Å²) in [4.78, 5) is 0. The average molecular weight is 371 g/mol. The molecule has 0 aromatic carbocycles. The highest BCUT2D eigenvalue weighted by Crippen LogP contribution is 2.41. The summed E-state index contributed by atoms with van der Waals surface area (Å²) in [6.45, 7) is 7.09. The summed E-state index contributed by atoms with van der Waals surface area (Å²) in [6, 6.07) is 0. The van der Waals surface area contributed by atoms with Crippen LogP contribution in [-0.2, 0) is 0 Å². The molecule has 0 bridgehead atoms. The second-order valence-corrected chi connectivity index (χ2v) is 8.91. The van der Waals surface area contributed by atoms with Gasteiger partial charge in [0.15, 0.2) is 0 Å². The maximum absolute atomic E-state index is 4.29. The highest BCUT2D eigenvalue weighted by Gasteiger charge is 2.27. The molecule has 0 aliphatic heterocycles. The first-order valence-electron chi connectivity index (χ1n) is 11.9. The van der Waals surface area contributed by atoms with E-state index in [-0.39, 0.29) is 0 Å². The van der Waals surface area contributed by atoms with E-state index in [1.807, 2.05) is 0 Å². The first-order valence-corrected chi connectivity index (χ1v) is 12.5. The van der Waals surface area contributed by atoms with Gasteiger partial charge in [-0.15, -0.1) is 0 Å². The molecule has 0 nitrogen and oxygen atoms in total. The molecule has 0 spiro atoms. The smallest absolute Gasteiger partial charge is 0.00979 e. The standard InChI is InChI=1S/C24H50S/c1-4-7-19-24(20-8-5-2,21-9-6-3)22-17-15-13-11-10-12-14-16-18-23-25/h25H,4-23H2,1-3H3. The van der Waals surface area contributed by atoms with Gasteiger partial charge < -0.3 is 0 Å². The van der Waals surface area contributed by atoms with E-state index in [9.17, 15) is 0 Å². The molecule has 0 aliphatic carbocycles. The maximum atomic E-state index is 4.29. The van der Waals surface area contributed by atoms with Gasteiger partial charge in [-0.1, -0.05) is 111 Å². The average Bonchev–Trinajstić information content (AvgIpc) is 2.64.